The summed E-state index contributed by atoms with van der Waals surface area (Å²) in [7, 11) is 0. The van der Waals surface area contributed by atoms with E-state index in [0.717, 1.165) is 13.2 Å². The fraction of sp³-hybridized carbons (Fsp3) is 1.00. The molecule has 2 heteroatoms. The van der Waals surface area contributed by atoms with Crippen molar-refractivity contribution in [2.75, 3.05) is 13.2 Å². The van der Waals surface area contributed by atoms with Crippen LogP contribution in [0.25, 0.3) is 0 Å². The van der Waals surface area contributed by atoms with Crippen molar-refractivity contribution in [2.24, 2.45) is 11.8 Å². The van der Waals surface area contributed by atoms with E-state index >= 15 is 0 Å². The summed E-state index contributed by atoms with van der Waals surface area (Å²) >= 11 is 0. The fourth-order valence-corrected chi connectivity index (χ4v) is 2.12. The summed E-state index contributed by atoms with van der Waals surface area (Å²) < 4.78 is 11.3. The Bertz CT molecular complexity index is 146. The molecule has 2 nitrogen and oxygen atoms in total. The van der Waals surface area contributed by atoms with Gasteiger partial charge in [0.1, 0.15) is 0 Å². The minimum absolute atomic E-state index is 0.403. The first-order chi connectivity index (χ1) is 5.33. The van der Waals surface area contributed by atoms with E-state index in [2.05, 4.69) is 13.8 Å². The summed E-state index contributed by atoms with van der Waals surface area (Å²) in [5, 5.41) is 0. The molecular formula is C9H16O2. The molecule has 0 saturated carbocycles. The first-order valence-electron chi connectivity index (χ1n) is 4.56. The van der Waals surface area contributed by atoms with Gasteiger partial charge in [0.15, 0.2) is 0 Å². The van der Waals surface area contributed by atoms with Crippen LogP contribution in [0.1, 0.15) is 20.3 Å². The average Bonchev–Trinajstić information content (AvgIpc) is 2.53. The van der Waals surface area contributed by atoms with Gasteiger partial charge in [0.25, 0.3) is 0 Å². The Balaban J connectivity index is 2.04. The molecule has 4 atom stereocenters. The molecule has 0 aromatic heterocycles. The Hall–Kier alpha value is -0.0800. The first-order valence-corrected chi connectivity index (χ1v) is 4.56. The standard InChI is InChI=1S/C9H16O2/c1-3-7-5-11-8-6(2)4-10-9(7)8/h6-9H,3-5H2,1-2H3/t6?,7-,8?,9?/m0/s1. The third-order valence-corrected chi connectivity index (χ3v) is 2.93. The van der Waals surface area contributed by atoms with Crippen molar-refractivity contribution >= 4 is 0 Å². The maximum Gasteiger partial charge on any atom is 0.0890 e. The van der Waals surface area contributed by atoms with Crippen LogP contribution in [-0.2, 0) is 9.47 Å². The second kappa shape index (κ2) is 2.76. The van der Waals surface area contributed by atoms with Gasteiger partial charge in [-0.25, -0.2) is 0 Å². The number of hydrogen-bond acceptors (Lipinski definition) is 2. The van der Waals surface area contributed by atoms with Crippen LogP contribution in [-0.4, -0.2) is 25.4 Å². The SMILES string of the molecule is CC[C@H]1COC2C(C)COC21. The summed E-state index contributed by atoms with van der Waals surface area (Å²) in [4.78, 5) is 0. The quantitative estimate of drug-likeness (QED) is 0.572. The number of fused-ring (bicyclic) bond motifs is 1. The van der Waals surface area contributed by atoms with Gasteiger partial charge in [-0.3, -0.25) is 0 Å². The second-order valence-electron chi connectivity index (χ2n) is 3.74. The molecule has 3 unspecified atom stereocenters. The number of rotatable bonds is 1. The Labute approximate surface area is 67.9 Å². The Morgan fingerprint density at radius 1 is 1.18 bits per heavy atom. The molecule has 2 aliphatic rings. The van der Waals surface area contributed by atoms with Gasteiger partial charge in [0.05, 0.1) is 25.4 Å². The van der Waals surface area contributed by atoms with Gasteiger partial charge in [-0.2, -0.15) is 0 Å². The molecule has 2 heterocycles. The molecule has 2 saturated heterocycles. The summed E-state index contributed by atoms with van der Waals surface area (Å²) in [5.41, 5.74) is 0. The van der Waals surface area contributed by atoms with E-state index in [-0.39, 0.29) is 0 Å². The van der Waals surface area contributed by atoms with Crippen LogP contribution in [0.2, 0.25) is 0 Å². The zero-order valence-corrected chi connectivity index (χ0v) is 7.25. The predicted molar refractivity (Wildman–Crippen MR) is 42.4 cm³/mol. The van der Waals surface area contributed by atoms with Crippen molar-refractivity contribution in [3.05, 3.63) is 0 Å². The first kappa shape index (κ1) is 7.56. The van der Waals surface area contributed by atoms with Gasteiger partial charge in [-0.1, -0.05) is 13.8 Å². The minimum Gasteiger partial charge on any atom is -0.375 e. The lowest BCUT2D eigenvalue weighted by molar-refractivity contribution is 0.0610. The lowest BCUT2D eigenvalue weighted by Gasteiger charge is -2.13. The smallest absolute Gasteiger partial charge is 0.0890 e. The van der Waals surface area contributed by atoms with Gasteiger partial charge in [0.2, 0.25) is 0 Å². The Morgan fingerprint density at radius 2 is 1.91 bits per heavy atom. The predicted octanol–water partition coefficient (Wildman–Crippen LogP) is 1.45. The lowest BCUT2D eigenvalue weighted by Crippen LogP contribution is -2.24. The van der Waals surface area contributed by atoms with Gasteiger partial charge >= 0.3 is 0 Å². The topological polar surface area (TPSA) is 18.5 Å². The van der Waals surface area contributed by atoms with Crippen LogP contribution in [0.5, 0.6) is 0 Å². The molecule has 2 fully saturated rings. The van der Waals surface area contributed by atoms with Crippen LogP contribution >= 0.6 is 0 Å². The molecule has 0 aromatic carbocycles. The van der Waals surface area contributed by atoms with Crippen LogP contribution < -0.4 is 0 Å². The normalized spacial score (nSPS) is 49.6. The number of ether oxygens (including phenoxy) is 2. The Morgan fingerprint density at radius 3 is 2.64 bits per heavy atom. The van der Waals surface area contributed by atoms with Crippen molar-refractivity contribution < 1.29 is 9.47 Å². The molecule has 0 spiro atoms. The van der Waals surface area contributed by atoms with E-state index < -0.39 is 0 Å². The van der Waals surface area contributed by atoms with Crippen LogP contribution in [0.4, 0.5) is 0 Å². The highest BCUT2D eigenvalue weighted by molar-refractivity contribution is 4.91. The van der Waals surface area contributed by atoms with Crippen molar-refractivity contribution in [1.29, 1.82) is 0 Å². The number of hydrogen-bond donors (Lipinski definition) is 0. The third-order valence-electron chi connectivity index (χ3n) is 2.93. The zero-order valence-electron chi connectivity index (χ0n) is 7.25. The van der Waals surface area contributed by atoms with Gasteiger partial charge in [-0.15, -0.1) is 0 Å². The third kappa shape index (κ3) is 1.09. The molecule has 0 N–H and O–H groups in total. The summed E-state index contributed by atoms with van der Waals surface area (Å²) in [5.74, 6) is 1.27. The van der Waals surface area contributed by atoms with Gasteiger partial charge < -0.3 is 9.47 Å². The van der Waals surface area contributed by atoms with Crippen LogP contribution in [0.15, 0.2) is 0 Å². The zero-order chi connectivity index (χ0) is 7.84. The van der Waals surface area contributed by atoms with Crippen molar-refractivity contribution in [2.45, 2.75) is 32.5 Å². The van der Waals surface area contributed by atoms with Gasteiger partial charge in [-0.05, 0) is 6.42 Å². The molecule has 2 rings (SSSR count). The maximum atomic E-state index is 5.67. The average molecular weight is 156 g/mol. The van der Waals surface area contributed by atoms with Gasteiger partial charge in [0, 0.05) is 11.8 Å². The van der Waals surface area contributed by atoms with E-state index in [4.69, 9.17) is 9.47 Å². The van der Waals surface area contributed by atoms with Crippen LogP contribution in [0.3, 0.4) is 0 Å². The van der Waals surface area contributed by atoms with Crippen LogP contribution in [0, 0.1) is 11.8 Å². The van der Waals surface area contributed by atoms with E-state index in [1.54, 1.807) is 0 Å². The van der Waals surface area contributed by atoms with Crippen molar-refractivity contribution in [3.63, 3.8) is 0 Å². The van der Waals surface area contributed by atoms with E-state index in [0.29, 0.717) is 24.0 Å². The van der Waals surface area contributed by atoms with E-state index in [9.17, 15) is 0 Å². The monoisotopic (exact) mass is 156 g/mol. The highest BCUT2D eigenvalue weighted by Gasteiger charge is 2.44. The summed E-state index contributed by atoms with van der Waals surface area (Å²) in [6.07, 6.45) is 2.00. The minimum atomic E-state index is 0.403. The molecule has 0 amide bonds. The molecule has 64 valence electrons. The highest BCUT2D eigenvalue weighted by Crippen LogP contribution is 2.35. The lowest BCUT2D eigenvalue weighted by atomic mass is 9.96. The second-order valence-corrected chi connectivity index (χ2v) is 3.74. The summed E-state index contributed by atoms with van der Waals surface area (Å²) in [6.45, 7) is 6.23. The summed E-state index contributed by atoms with van der Waals surface area (Å²) in [6, 6.07) is 0. The molecule has 0 bridgehead atoms. The molecule has 0 aromatic rings. The molecule has 2 aliphatic heterocycles. The van der Waals surface area contributed by atoms with Crippen molar-refractivity contribution in [1.82, 2.24) is 0 Å². The fourth-order valence-electron chi connectivity index (χ4n) is 2.12. The highest BCUT2D eigenvalue weighted by atomic mass is 16.6. The largest absolute Gasteiger partial charge is 0.375 e. The molecular weight excluding hydrogens is 140 g/mol. The molecule has 11 heavy (non-hydrogen) atoms. The van der Waals surface area contributed by atoms with Crippen molar-refractivity contribution in [3.8, 4) is 0 Å². The van der Waals surface area contributed by atoms with E-state index in [1.807, 2.05) is 0 Å². The molecule has 0 radical (unpaired) electrons. The Kier molecular flexibility index (Phi) is 1.90. The van der Waals surface area contributed by atoms with E-state index in [1.165, 1.54) is 6.42 Å². The maximum absolute atomic E-state index is 5.67. The molecule has 0 aliphatic carbocycles.